The third kappa shape index (κ3) is 2.75. The number of hydrogen-bond donors (Lipinski definition) is 1. The fourth-order valence-electron chi connectivity index (χ4n) is 4.70. The van der Waals surface area contributed by atoms with Crippen LogP contribution in [-0.4, -0.2) is 63.4 Å². The normalized spacial score (nSPS) is 28.2. The number of carbonyl (C=O) groups excluding carboxylic acids is 1. The summed E-state index contributed by atoms with van der Waals surface area (Å²) in [6.07, 6.45) is 7.58. The number of likely N-dealkylation sites (tertiary alicyclic amines) is 2. The molecule has 0 aromatic carbocycles. The smallest absolute Gasteiger partial charge is 0.230 e. The first kappa shape index (κ1) is 16.1. The van der Waals surface area contributed by atoms with Crippen molar-refractivity contribution < 1.29 is 9.90 Å². The summed E-state index contributed by atoms with van der Waals surface area (Å²) in [5, 5.41) is 13.7. The molecule has 0 radical (unpaired) electrons. The molecule has 2 saturated heterocycles. The summed E-state index contributed by atoms with van der Waals surface area (Å²) in [6.45, 7) is 4.09. The van der Waals surface area contributed by atoms with Gasteiger partial charge in [0.05, 0.1) is 18.2 Å². The maximum absolute atomic E-state index is 12.9. The Labute approximate surface area is 143 Å². The Morgan fingerprint density at radius 3 is 2.92 bits per heavy atom. The second-order valence-electron chi connectivity index (χ2n) is 7.81. The van der Waals surface area contributed by atoms with Gasteiger partial charge in [-0.15, -0.1) is 0 Å². The summed E-state index contributed by atoms with van der Waals surface area (Å²) >= 11 is 0. The van der Waals surface area contributed by atoms with Crippen LogP contribution in [0.25, 0.3) is 0 Å². The Bertz CT molecular complexity index is 623. The summed E-state index contributed by atoms with van der Waals surface area (Å²) in [5.41, 5.74) is 2.52. The standard InChI is InChI=1S/C18H28N4O2/c1-20-16(14-3-4-14)15(11-19-20)12-21-8-6-18(13-21)5-2-7-22(9-10-23)17(18)24/h11,14,23H,2-10,12-13H2,1H3/t18-/m1/s1. The molecule has 1 N–H and O–H groups in total. The predicted octanol–water partition coefficient (Wildman–Crippen LogP) is 1.10. The van der Waals surface area contributed by atoms with Gasteiger partial charge in [-0.05, 0) is 38.6 Å². The molecule has 1 spiro atoms. The van der Waals surface area contributed by atoms with Crippen molar-refractivity contribution in [1.82, 2.24) is 19.6 Å². The lowest BCUT2D eigenvalue weighted by Gasteiger charge is -2.39. The number of aliphatic hydroxyl groups excluding tert-OH is 1. The molecule has 1 saturated carbocycles. The molecule has 3 aliphatic rings. The van der Waals surface area contributed by atoms with Crippen LogP contribution < -0.4 is 0 Å². The van der Waals surface area contributed by atoms with Crippen LogP contribution >= 0.6 is 0 Å². The molecule has 1 amide bonds. The van der Waals surface area contributed by atoms with Gasteiger partial charge < -0.3 is 10.0 Å². The number of nitrogens with zero attached hydrogens (tertiary/aromatic N) is 4. The van der Waals surface area contributed by atoms with E-state index >= 15 is 0 Å². The van der Waals surface area contributed by atoms with E-state index in [1.807, 2.05) is 22.8 Å². The van der Waals surface area contributed by atoms with Gasteiger partial charge in [0.2, 0.25) is 5.91 Å². The highest BCUT2D eigenvalue weighted by Gasteiger charge is 2.48. The number of amides is 1. The Hall–Kier alpha value is -1.40. The fourth-order valence-corrected chi connectivity index (χ4v) is 4.70. The maximum atomic E-state index is 12.9. The molecule has 132 valence electrons. The third-order valence-electron chi connectivity index (χ3n) is 6.05. The van der Waals surface area contributed by atoms with Crippen molar-refractivity contribution in [2.24, 2.45) is 12.5 Å². The minimum absolute atomic E-state index is 0.0615. The van der Waals surface area contributed by atoms with Crippen molar-refractivity contribution in [3.63, 3.8) is 0 Å². The van der Waals surface area contributed by atoms with Crippen molar-refractivity contribution in [3.8, 4) is 0 Å². The van der Waals surface area contributed by atoms with Crippen LogP contribution in [-0.2, 0) is 18.4 Å². The molecular weight excluding hydrogens is 304 g/mol. The van der Waals surface area contributed by atoms with Crippen LogP contribution in [0.3, 0.4) is 0 Å². The first-order valence-corrected chi connectivity index (χ1v) is 9.26. The molecule has 0 bridgehead atoms. The lowest BCUT2D eigenvalue weighted by Crippen LogP contribution is -2.50. The fraction of sp³-hybridized carbons (Fsp3) is 0.778. The molecule has 24 heavy (non-hydrogen) atoms. The molecule has 2 aliphatic heterocycles. The first-order chi connectivity index (χ1) is 11.6. The molecule has 3 fully saturated rings. The lowest BCUT2D eigenvalue weighted by molar-refractivity contribution is -0.146. The van der Waals surface area contributed by atoms with E-state index in [4.69, 9.17) is 0 Å². The molecular formula is C18H28N4O2. The molecule has 1 aromatic rings. The zero-order valence-corrected chi connectivity index (χ0v) is 14.6. The topological polar surface area (TPSA) is 61.6 Å². The van der Waals surface area contributed by atoms with Gasteiger partial charge in [-0.25, -0.2) is 0 Å². The second kappa shape index (κ2) is 6.15. The molecule has 1 aliphatic carbocycles. The minimum atomic E-state index is -0.213. The average Bonchev–Trinajstić information content (AvgIpc) is 3.22. The summed E-state index contributed by atoms with van der Waals surface area (Å²) in [6, 6.07) is 0. The molecule has 6 heteroatoms. The van der Waals surface area contributed by atoms with E-state index < -0.39 is 0 Å². The maximum Gasteiger partial charge on any atom is 0.230 e. The number of aromatic nitrogens is 2. The molecule has 3 heterocycles. The Kier molecular flexibility index (Phi) is 4.12. The van der Waals surface area contributed by atoms with E-state index in [0.29, 0.717) is 12.5 Å². The van der Waals surface area contributed by atoms with E-state index in [9.17, 15) is 9.90 Å². The SMILES string of the molecule is Cn1ncc(CN2CC[C@]3(CCCN(CCO)C3=O)C2)c1C1CC1. The summed E-state index contributed by atoms with van der Waals surface area (Å²) < 4.78 is 2.04. The van der Waals surface area contributed by atoms with E-state index in [-0.39, 0.29) is 17.9 Å². The molecule has 6 nitrogen and oxygen atoms in total. The zero-order valence-electron chi connectivity index (χ0n) is 14.6. The second-order valence-corrected chi connectivity index (χ2v) is 7.81. The largest absolute Gasteiger partial charge is 0.395 e. The highest BCUT2D eigenvalue weighted by Crippen LogP contribution is 2.43. The summed E-state index contributed by atoms with van der Waals surface area (Å²) in [5.74, 6) is 0.958. The van der Waals surface area contributed by atoms with Gasteiger partial charge in [0.15, 0.2) is 0 Å². The van der Waals surface area contributed by atoms with Gasteiger partial charge in [-0.1, -0.05) is 0 Å². The zero-order chi connectivity index (χ0) is 16.7. The van der Waals surface area contributed by atoms with Crippen molar-refractivity contribution in [3.05, 3.63) is 17.5 Å². The quantitative estimate of drug-likeness (QED) is 0.877. The number of aliphatic hydroxyl groups is 1. The lowest BCUT2D eigenvalue weighted by atomic mass is 9.78. The van der Waals surface area contributed by atoms with Crippen molar-refractivity contribution in [2.45, 2.75) is 44.6 Å². The van der Waals surface area contributed by atoms with E-state index in [0.717, 1.165) is 45.4 Å². The minimum Gasteiger partial charge on any atom is -0.395 e. The summed E-state index contributed by atoms with van der Waals surface area (Å²) in [4.78, 5) is 17.2. The Balaban J connectivity index is 1.45. The van der Waals surface area contributed by atoms with Gasteiger partial charge in [0.1, 0.15) is 0 Å². The van der Waals surface area contributed by atoms with Crippen molar-refractivity contribution in [2.75, 3.05) is 32.8 Å². The Morgan fingerprint density at radius 1 is 1.33 bits per heavy atom. The highest BCUT2D eigenvalue weighted by molar-refractivity contribution is 5.84. The predicted molar refractivity (Wildman–Crippen MR) is 90.4 cm³/mol. The van der Waals surface area contributed by atoms with Crippen molar-refractivity contribution in [1.29, 1.82) is 0 Å². The van der Waals surface area contributed by atoms with Crippen LogP contribution in [0.4, 0.5) is 0 Å². The van der Waals surface area contributed by atoms with Gasteiger partial charge in [-0.3, -0.25) is 14.4 Å². The van der Waals surface area contributed by atoms with Crippen molar-refractivity contribution >= 4 is 5.91 Å². The summed E-state index contributed by atoms with van der Waals surface area (Å²) in [7, 11) is 2.04. The molecule has 0 unspecified atom stereocenters. The van der Waals surface area contributed by atoms with Crippen LogP contribution in [0, 0.1) is 5.41 Å². The highest BCUT2D eigenvalue weighted by atomic mass is 16.3. The first-order valence-electron chi connectivity index (χ1n) is 9.26. The third-order valence-corrected chi connectivity index (χ3v) is 6.05. The van der Waals surface area contributed by atoms with Gasteiger partial charge in [0.25, 0.3) is 0 Å². The van der Waals surface area contributed by atoms with Gasteiger partial charge >= 0.3 is 0 Å². The number of β-amino-alcohol motifs (C(OH)–C–C–N with tert-alkyl or cyclic N) is 1. The van der Waals surface area contributed by atoms with Crippen LogP contribution in [0.1, 0.15) is 49.3 Å². The average molecular weight is 332 g/mol. The molecule has 1 aromatic heterocycles. The van der Waals surface area contributed by atoms with Gasteiger partial charge in [0, 0.05) is 50.4 Å². The Morgan fingerprint density at radius 2 is 2.17 bits per heavy atom. The van der Waals surface area contributed by atoms with E-state index in [1.165, 1.54) is 24.1 Å². The van der Waals surface area contributed by atoms with Crippen LogP contribution in [0.15, 0.2) is 6.20 Å². The van der Waals surface area contributed by atoms with Crippen LogP contribution in [0.5, 0.6) is 0 Å². The van der Waals surface area contributed by atoms with Crippen LogP contribution in [0.2, 0.25) is 0 Å². The van der Waals surface area contributed by atoms with Gasteiger partial charge in [-0.2, -0.15) is 5.10 Å². The number of rotatable bonds is 5. The number of carbonyl (C=O) groups is 1. The monoisotopic (exact) mass is 332 g/mol. The molecule has 4 rings (SSSR count). The number of aryl methyl sites for hydroxylation is 1. The van der Waals surface area contributed by atoms with E-state index in [2.05, 4.69) is 10.00 Å². The molecule has 1 atom stereocenters. The van der Waals surface area contributed by atoms with E-state index in [1.54, 1.807) is 0 Å². The number of hydrogen-bond acceptors (Lipinski definition) is 4. The number of piperidine rings is 1.